The first-order chi connectivity index (χ1) is 9.05. The number of aromatic nitrogens is 1. The fourth-order valence-electron chi connectivity index (χ4n) is 1.93. The van der Waals surface area contributed by atoms with Gasteiger partial charge in [0.1, 0.15) is 11.3 Å². The van der Waals surface area contributed by atoms with Crippen LogP contribution in [0.5, 0.6) is 0 Å². The average Bonchev–Trinajstić information content (AvgIpc) is 2.78. The molecule has 0 saturated heterocycles. The Labute approximate surface area is 110 Å². The monoisotopic (exact) mass is 267 g/mol. The van der Waals surface area contributed by atoms with Gasteiger partial charge >= 0.3 is 12.0 Å². The molecule has 3 N–H and O–H groups in total. The van der Waals surface area contributed by atoms with Crippen LogP contribution in [-0.4, -0.2) is 27.6 Å². The number of carbonyl (C=O) groups is 2. The van der Waals surface area contributed by atoms with Crippen LogP contribution in [0.2, 0.25) is 0 Å². The number of aryl methyl sites for hydroxylation is 1. The Balaban J connectivity index is 1.83. The molecule has 1 heterocycles. The Morgan fingerprint density at radius 2 is 2.26 bits per heavy atom. The van der Waals surface area contributed by atoms with Gasteiger partial charge in [-0.1, -0.05) is 6.92 Å². The highest BCUT2D eigenvalue weighted by molar-refractivity contribution is 5.87. The Morgan fingerprint density at radius 1 is 1.53 bits per heavy atom. The van der Waals surface area contributed by atoms with Gasteiger partial charge in [0, 0.05) is 6.42 Å². The average molecular weight is 267 g/mol. The van der Waals surface area contributed by atoms with E-state index < -0.39 is 17.5 Å². The predicted molar refractivity (Wildman–Crippen MR) is 65.5 cm³/mol. The normalized spacial score (nSPS) is 16.5. The van der Waals surface area contributed by atoms with Crippen molar-refractivity contribution in [2.45, 2.75) is 44.7 Å². The highest BCUT2D eigenvalue weighted by atomic mass is 16.4. The summed E-state index contributed by atoms with van der Waals surface area (Å²) in [6, 6.07) is -0.515. The minimum absolute atomic E-state index is 0.140. The molecular formula is C12H17N3O4. The second kappa shape index (κ2) is 5.29. The first-order valence-electron chi connectivity index (χ1n) is 6.29. The zero-order valence-electron chi connectivity index (χ0n) is 10.7. The maximum atomic E-state index is 11.7. The van der Waals surface area contributed by atoms with Gasteiger partial charge in [0.25, 0.3) is 0 Å². The quantitative estimate of drug-likeness (QED) is 0.739. The minimum Gasteiger partial charge on any atom is -0.480 e. The summed E-state index contributed by atoms with van der Waals surface area (Å²) >= 11 is 0. The fraction of sp³-hybridized carbons (Fsp3) is 0.583. The molecule has 1 aromatic heterocycles. The second-order valence-corrected chi connectivity index (χ2v) is 4.62. The summed E-state index contributed by atoms with van der Waals surface area (Å²) in [5.41, 5.74) is -1.10. The van der Waals surface area contributed by atoms with Gasteiger partial charge < -0.3 is 20.2 Å². The summed E-state index contributed by atoms with van der Waals surface area (Å²) in [6.45, 7) is 2.08. The highest BCUT2D eigenvalue weighted by Crippen LogP contribution is 2.31. The number of amides is 2. The van der Waals surface area contributed by atoms with Crippen LogP contribution in [0, 0.1) is 0 Å². The SMILES string of the molecule is CCc1cnc(CNC(=O)NC2(C(=O)O)CCC2)o1. The van der Waals surface area contributed by atoms with Crippen LogP contribution in [0.15, 0.2) is 10.6 Å². The lowest BCUT2D eigenvalue weighted by atomic mass is 9.77. The van der Waals surface area contributed by atoms with E-state index in [1.165, 1.54) is 0 Å². The fourth-order valence-corrected chi connectivity index (χ4v) is 1.93. The zero-order valence-corrected chi connectivity index (χ0v) is 10.7. The van der Waals surface area contributed by atoms with Gasteiger partial charge in [0.2, 0.25) is 5.89 Å². The number of oxazole rings is 1. The molecule has 0 radical (unpaired) electrons. The maximum Gasteiger partial charge on any atom is 0.329 e. The summed E-state index contributed by atoms with van der Waals surface area (Å²) in [6.07, 6.45) is 4.09. The van der Waals surface area contributed by atoms with Gasteiger partial charge in [-0.15, -0.1) is 0 Å². The molecule has 2 amide bonds. The number of rotatable bonds is 5. The Kier molecular flexibility index (Phi) is 3.73. The van der Waals surface area contributed by atoms with Crippen LogP contribution in [0.25, 0.3) is 0 Å². The summed E-state index contributed by atoms with van der Waals surface area (Å²) in [7, 11) is 0. The second-order valence-electron chi connectivity index (χ2n) is 4.62. The number of aliphatic carboxylic acids is 1. The molecule has 0 bridgehead atoms. The number of carboxylic acids is 1. The van der Waals surface area contributed by atoms with Gasteiger partial charge in [0.05, 0.1) is 12.7 Å². The first-order valence-corrected chi connectivity index (χ1v) is 6.29. The molecule has 7 nitrogen and oxygen atoms in total. The topological polar surface area (TPSA) is 104 Å². The van der Waals surface area contributed by atoms with E-state index in [0.717, 1.165) is 18.6 Å². The molecule has 0 aliphatic heterocycles. The number of hydrogen-bond donors (Lipinski definition) is 3. The molecule has 0 unspecified atom stereocenters. The molecule has 1 aliphatic rings. The summed E-state index contributed by atoms with van der Waals surface area (Å²) in [5.74, 6) is 0.168. The van der Waals surface area contributed by atoms with Crippen molar-refractivity contribution >= 4 is 12.0 Å². The largest absolute Gasteiger partial charge is 0.480 e. The number of nitrogens with one attached hydrogen (secondary N) is 2. The summed E-state index contributed by atoms with van der Waals surface area (Å²) in [5, 5.41) is 14.1. The first kappa shape index (κ1) is 13.4. The minimum atomic E-state index is -1.10. The van der Waals surface area contributed by atoms with E-state index in [1.807, 2.05) is 6.92 Å². The number of carbonyl (C=O) groups excluding carboxylic acids is 1. The number of hydrogen-bond acceptors (Lipinski definition) is 4. The Bertz CT molecular complexity index is 479. The van der Waals surface area contributed by atoms with Crippen molar-refractivity contribution in [1.82, 2.24) is 15.6 Å². The molecule has 19 heavy (non-hydrogen) atoms. The summed E-state index contributed by atoms with van der Waals surface area (Å²) in [4.78, 5) is 26.7. The predicted octanol–water partition coefficient (Wildman–Crippen LogP) is 1.04. The number of urea groups is 1. The standard InChI is InChI=1S/C12H17N3O4/c1-2-8-6-13-9(19-8)7-14-11(18)15-12(10(16)17)4-3-5-12/h6H,2-5,7H2,1H3,(H,16,17)(H2,14,15,18). The molecule has 7 heteroatoms. The molecule has 104 valence electrons. The lowest BCUT2D eigenvalue weighted by Crippen LogP contribution is -2.61. The molecule has 2 rings (SSSR count). The smallest absolute Gasteiger partial charge is 0.329 e. The molecule has 0 atom stereocenters. The van der Waals surface area contributed by atoms with E-state index in [-0.39, 0.29) is 6.54 Å². The molecule has 0 aromatic carbocycles. The Hall–Kier alpha value is -2.05. The van der Waals surface area contributed by atoms with Crippen molar-refractivity contribution < 1.29 is 19.1 Å². The molecule has 1 saturated carbocycles. The van der Waals surface area contributed by atoms with E-state index in [9.17, 15) is 9.59 Å². The van der Waals surface area contributed by atoms with Crippen molar-refractivity contribution in [3.05, 3.63) is 17.8 Å². The lowest BCUT2D eigenvalue weighted by molar-refractivity contribution is -0.148. The third-order valence-corrected chi connectivity index (χ3v) is 3.32. The van der Waals surface area contributed by atoms with E-state index >= 15 is 0 Å². The molecule has 1 aromatic rings. The lowest BCUT2D eigenvalue weighted by Gasteiger charge is -2.38. The van der Waals surface area contributed by atoms with E-state index in [0.29, 0.717) is 18.7 Å². The number of nitrogens with zero attached hydrogens (tertiary/aromatic N) is 1. The van der Waals surface area contributed by atoms with Crippen LogP contribution in [-0.2, 0) is 17.8 Å². The van der Waals surface area contributed by atoms with Gasteiger partial charge in [-0.2, -0.15) is 0 Å². The third-order valence-electron chi connectivity index (χ3n) is 3.32. The van der Waals surface area contributed by atoms with Crippen LogP contribution in [0.1, 0.15) is 37.8 Å². The summed E-state index contributed by atoms with van der Waals surface area (Å²) < 4.78 is 5.33. The van der Waals surface area contributed by atoms with Crippen molar-refractivity contribution in [2.24, 2.45) is 0 Å². The van der Waals surface area contributed by atoms with Crippen LogP contribution >= 0.6 is 0 Å². The van der Waals surface area contributed by atoms with Crippen LogP contribution < -0.4 is 10.6 Å². The molecule has 0 spiro atoms. The van der Waals surface area contributed by atoms with E-state index in [4.69, 9.17) is 9.52 Å². The van der Waals surface area contributed by atoms with Crippen molar-refractivity contribution in [2.75, 3.05) is 0 Å². The highest BCUT2D eigenvalue weighted by Gasteiger charge is 2.45. The van der Waals surface area contributed by atoms with Crippen LogP contribution in [0.4, 0.5) is 4.79 Å². The van der Waals surface area contributed by atoms with Crippen molar-refractivity contribution in [1.29, 1.82) is 0 Å². The molecular weight excluding hydrogens is 250 g/mol. The maximum absolute atomic E-state index is 11.7. The van der Waals surface area contributed by atoms with E-state index in [2.05, 4.69) is 15.6 Å². The molecule has 1 aliphatic carbocycles. The van der Waals surface area contributed by atoms with E-state index in [1.54, 1.807) is 6.20 Å². The van der Waals surface area contributed by atoms with Gasteiger partial charge in [-0.3, -0.25) is 0 Å². The number of carboxylic acid groups (broad SMARTS) is 1. The van der Waals surface area contributed by atoms with Gasteiger partial charge in [-0.25, -0.2) is 14.6 Å². The van der Waals surface area contributed by atoms with Gasteiger partial charge in [0.15, 0.2) is 0 Å². The zero-order chi connectivity index (χ0) is 13.9. The van der Waals surface area contributed by atoms with Crippen molar-refractivity contribution in [3.8, 4) is 0 Å². The van der Waals surface area contributed by atoms with Crippen molar-refractivity contribution in [3.63, 3.8) is 0 Å². The Morgan fingerprint density at radius 3 is 2.74 bits per heavy atom. The third kappa shape index (κ3) is 2.86. The molecule has 1 fully saturated rings. The van der Waals surface area contributed by atoms with Crippen LogP contribution in [0.3, 0.4) is 0 Å². The van der Waals surface area contributed by atoms with Gasteiger partial charge in [-0.05, 0) is 19.3 Å².